The number of amides is 1. The zero-order valence-corrected chi connectivity index (χ0v) is 11.8. The predicted octanol–water partition coefficient (Wildman–Crippen LogP) is 3.35. The first kappa shape index (κ1) is 13.9. The van der Waals surface area contributed by atoms with E-state index in [4.69, 9.17) is 4.42 Å². The van der Waals surface area contributed by atoms with Gasteiger partial charge in [0.2, 0.25) is 0 Å². The number of benzene rings is 1. The Hall–Kier alpha value is -3.08. The van der Waals surface area contributed by atoms with Gasteiger partial charge in [-0.2, -0.15) is 0 Å². The largest absolute Gasteiger partial charge is 0.467 e. The molecule has 5 heteroatoms. The van der Waals surface area contributed by atoms with E-state index in [9.17, 15) is 4.79 Å². The molecule has 0 bridgehead atoms. The number of anilines is 2. The minimum Gasteiger partial charge on any atom is -0.467 e. The molecule has 2 heterocycles. The van der Waals surface area contributed by atoms with Gasteiger partial charge in [-0.1, -0.05) is 18.2 Å². The second-order valence-corrected chi connectivity index (χ2v) is 4.68. The molecule has 0 saturated carbocycles. The van der Waals surface area contributed by atoms with Crippen molar-refractivity contribution in [3.63, 3.8) is 0 Å². The third-order valence-electron chi connectivity index (χ3n) is 3.06. The number of carbonyl (C=O) groups is 1. The lowest BCUT2D eigenvalue weighted by atomic mass is 10.2. The van der Waals surface area contributed by atoms with Crippen molar-refractivity contribution in [2.45, 2.75) is 6.54 Å². The first-order valence-electron chi connectivity index (χ1n) is 6.90. The van der Waals surface area contributed by atoms with Gasteiger partial charge in [0, 0.05) is 17.6 Å². The summed E-state index contributed by atoms with van der Waals surface area (Å²) in [6.45, 7) is 0.337. The molecule has 2 aromatic heterocycles. The number of nitrogens with one attached hydrogen (secondary N) is 2. The van der Waals surface area contributed by atoms with Gasteiger partial charge in [-0.25, -0.2) is 0 Å². The SMILES string of the molecule is O=C(NCc1ccco1)c1cc(Nc2ccccc2)ccn1. The molecule has 0 saturated heterocycles. The van der Waals surface area contributed by atoms with Gasteiger partial charge in [0.25, 0.3) is 5.91 Å². The second kappa shape index (κ2) is 6.58. The number of pyridine rings is 1. The molecule has 110 valence electrons. The first-order valence-corrected chi connectivity index (χ1v) is 6.90. The van der Waals surface area contributed by atoms with Crippen LogP contribution in [0.4, 0.5) is 11.4 Å². The van der Waals surface area contributed by atoms with Crippen LogP contribution in [-0.2, 0) is 6.54 Å². The van der Waals surface area contributed by atoms with E-state index in [-0.39, 0.29) is 5.91 Å². The van der Waals surface area contributed by atoms with Crippen LogP contribution in [-0.4, -0.2) is 10.9 Å². The molecular formula is C17H15N3O2. The molecule has 0 aliphatic heterocycles. The molecule has 22 heavy (non-hydrogen) atoms. The number of nitrogens with zero attached hydrogens (tertiary/aromatic N) is 1. The van der Waals surface area contributed by atoms with E-state index < -0.39 is 0 Å². The van der Waals surface area contributed by atoms with Gasteiger partial charge in [0.1, 0.15) is 11.5 Å². The Morgan fingerprint density at radius 1 is 1.05 bits per heavy atom. The predicted molar refractivity (Wildman–Crippen MR) is 83.8 cm³/mol. The van der Waals surface area contributed by atoms with Crippen molar-refractivity contribution in [2.24, 2.45) is 0 Å². The maximum atomic E-state index is 12.1. The molecule has 0 aliphatic carbocycles. The Bertz CT molecular complexity index is 740. The Balaban J connectivity index is 1.66. The van der Waals surface area contributed by atoms with Crippen molar-refractivity contribution in [3.8, 4) is 0 Å². The Morgan fingerprint density at radius 3 is 2.68 bits per heavy atom. The quantitative estimate of drug-likeness (QED) is 0.757. The van der Waals surface area contributed by atoms with Gasteiger partial charge < -0.3 is 15.1 Å². The fraction of sp³-hybridized carbons (Fsp3) is 0.0588. The summed E-state index contributed by atoms with van der Waals surface area (Å²) >= 11 is 0. The summed E-state index contributed by atoms with van der Waals surface area (Å²) in [5.74, 6) is 0.458. The molecule has 0 atom stereocenters. The van der Waals surface area contributed by atoms with Crippen molar-refractivity contribution in [2.75, 3.05) is 5.32 Å². The summed E-state index contributed by atoms with van der Waals surface area (Å²) < 4.78 is 5.18. The van der Waals surface area contributed by atoms with Crippen molar-refractivity contribution < 1.29 is 9.21 Å². The standard InChI is InChI=1S/C17H15N3O2/c21-17(19-12-15-7-4-10-22-15)16-11-14(8-9-18-16)20-13-5-2-1-3-6-13/h1-11H,12H2,(H,18,20)(H,19,21). The van der Waals surface area contributed by atoms with E-state index in [1.807, 2.05) is 36.4 Å². The number of furan rings is 1. The molecule has 5 nitrogen and oxygen atoms in total. The van der Waals surface area contributed by atoms with Crippen molar-refractivity contribution in [1.29, 1.82) is 0 Å². The monoisotopic (exact) mass is 293 g/mol. The third-order valence-corrected chi connectivity index (χ3v) is 3.06. The molecule has 0 aliphatic rings. The minimum absolute atomic E-state index is 0.242. The van der Waals surface area contributed by atoms with Crippen molar-refractivity contribution in [1.82, 2.24) is 10.3 Å². The van der Waals surface area contributed by atoms with Gasteiger partial charge in [-0.15, -0.1) is 0 Å². The summed E-state index contributed by atoms with van der Waals surface area (Å²) in [4.78, 5) is 16.2. The van der Waals surface area contributed by atoms with Crippen LogP contribution >= 0.6 is 0 Å². The summed E-state index contributed by atoms with van der Waals surface area (Å²) in [5, 5.41) is 6.00. The number of hydrogen-bond donors (Lipinski definition) is 2. The van der Waals surface area contributed by atoms with Gasteiger partial charge >= 0.3 is 0 Å². The zero-order valence-electron chi connectivity index (χ0n) is 11.8. The smallest absolute Gasteiger partial charge is 0.270 e. The Kier molecular flexibility index (Phi) is 4.15. The molecule has 0 spiro atoms. The molecule has 0 fully saturated rings. The lowest BCUT2D eigenvalue weighted by molar-refractivity contribution is 0.0943. The highest BCUT2D eigenvalue weighted by Crippen LogP contribution is 2.16. The normalized spacial score (nSPS) is 10.2. The van der Waals surface area contributed by atoms with Gasteiger partial charge in [-0.05, 0) is 36.4 Å². The number of hydrogen-bond acceptors (Lipinski definition) is 4. The summed E-state index contributed by atoms with van der Waals surface area (Å²) in [6, 6.07) is 16.9. The lowest BCUT2D eigenvalue weighted by Gasteiger charge is -2.08. The van der Waals surface area contributed by atoms with Crippen LogP contribution in [0.5, 0.6) is 0 Å². The third kappa shape index (κ3) is 3.52. The zero-order chi connectivity index (χ0) is 15.2. The molecule has 1 aromatic carbocycles. The highest BCUT2D eigenvalue weighted by atomic mass is 16.3. The van der Waals surface area contributed by atoms with Crippen molar-refractivity contribution in [3.05, 3.63) is 78.5 Å². The molecule has 0 radical (unpaired) electrons. The topological polar surface area (TPSA) is 67.2 Å². The number of rotatable bonds is 5. The maximum Gasteiger partial charge on any atom is 0.270 e. The Labute approximate surface area is 128 Å². The van der Waals surface area contributed by atoms with Crippen LogP contribution < -0.4 is 10.6 Å². The molecule has 1 amide bonds. The van der Waals surface area contributed by atoms with Crippen LogP contribution in [0.1, 0.15) is 16.2 Å². The molecular weight excluding hydrogens is 278 g/mol. The highest BCUT2D eigenvalue weighted by molar-refractivity contribution is 5.93. The molecule has 3 rings (SSSR count). The van der Waals surface area contributed by atoms with E-state index in [0.717, 1.165) is 11.4 Å². The minimum atomic E-state index is -0.242. The number of para-hydroxylation sites is 1. The van der Waals surface area contributed by atoms with E-state index >= 15 is 0 Å². The maximum absolute atomic E-state index is 12.1. The van der Waals surface area contributed by atoms with Crippen molar-refractivity contribution >= 4 is 17.3 Å². The fourth-order valence-corrected chi connectivity index (χ4v) is 1.99. The lowest BCUT2D eigenvalue weighted by Crippen LogP contribution is -2.23. The Morgan fingerprint density at radius 2 is 1.91 bits per heavy atom. The summed E-state index contributed by atoms with van der Waals surface area (Å²) in [6.07, 6.45) is 3.18. The van der Waals surface area contributed by atoms with E-state index in [0.29, 0.717) is 18.0 Å². The van der Waals surface area contributed by atoms with Crippen LogP contribution in [0.2, 0.25) is 0 Å². The van der Waals surface area contributed by atoms with Crippen LogP contribution in [0.25, 0.3) is 0 Å². The fourth-order valence-electron chi connectivity index (χ4n) is 1.99. The molecule has 2 N–H and O–H groups in total. The number of aromatic nitrogens is 1. The average Bonchev–Trinajstić information content (AvgIpc) is 3.07. The summed E-state index contributed by atoms with van der Waals surface area (Å²) in [5.41, 5.74) is 2.12. The first-order chi connectivity index (χ1) is 10.8. The average molecular weight is 293 g/mol. The molecule has 3 aromatic rings. The van der Waals surface area contributed by atoms with E-state index in [1.54, 1.807) is 30.7 Å². The highest BCUT2D eigenvalue weighted by Gasteiger charge is 2.08. The van der Waals surface area contributed by atoms with E-state index in [1.165, 1.54) is 0 Å². The molecule has 0 unspecified atom stereocenters. The van der Waals surface area contributed by atoms with Crippen LogP contribution in [0, 0.1) is 0 Å². The van der Waals surface area contributed by atoms with E-state index in [2.05, 4.69) is 15.6 Å². The van der Waals surface area contributed by atoms with Crippen LogP contribution in [0.15, 0.2) is 71.5 Å². The van der Waals surface area contributed by atoms with Gasteiger partial charge in [-0.3, -0.25) is 9.78 Å². The second-order valence-electron chi connectivity index (χ2n) is 4.68. The van der Waals surface area contributed by atoms with Gasteiger partial charge in [0.05, 0.1) is 12.8 Å². The van der Waals surface area contributed by atoms with Gasteiger partial charge in [0.15, 0.2) is 0 Å². The summed E-state index contributed by atoms with van der Waals surface area (Å²) in [7, 11) is 0. The van der Waals surface area contributed by atoms with Crippen LogP contribution in [0.3, 0.4) is 0 Å². The number of carbonyl (C=O) groups excluding carboxylic acids is 1.